The monoisotopic (exact) mass is 177 g/mol. The lowest BCUT2D eigenvalue weighted by molar-refractivity contribution is -0.148. The van der Waals surface area contributed by atoms with Gasteiger partial charge in [-0.1, -0.05) is 18.2 Å². The topological polar surface area (TPSA) is 30.5 Å². The van der Waals surface area contributed by atoms with Gasteiger partial charge < -0.3 is 14.8 Å². The van der Waals surface area contributed by atoms with E-state index in [2.05, 4.69) is 17.4 Å². The zero-order valence-electron chi connectivity index (χ0n) is 7.25. The number of nitrogens with one attached hydrogen (secondary N) is 1. The first kappa shape index (κ1) is 7.35. The molecule has 1 fully saturated rings. The standard InChI is InChI=1S/C10H11NO2/c1-2-4-9-8(3-1)10(7-11-9)12-5-6-13-10/h1-4,11H,5-7H2. The minimum absolute atomic E-state index is 0.489. The van der Waals surface area contributed by atoms with Crippen molar-refractivity contribution in [1.82, 2.24) is 0 Å². The highest BCUT2D eigenvalue weighted by atomic mass is 16.7. The second-order valence-electron chi connectivity index (χ2n) is 3.35. The lowest BCUT2D eigenvalue weighted by Crippen LogP contribution is -2.29. The molecule has 13 heavy (non-hydrogen) atoms. The molecule has 0 aromatic heterocycles. The van der Waals surface area contributed by atoms with Crippen LogP contribution in [0.4, 0.5) is 5.69 Å². The molecule has 1 saturated heterocycles. The number of benzene rings is 1. The maximum absolute atomic E-state index is 5.64. The number of hydrogen-bond donors (Lipinski definition) is 1. The summed E-state index contributed by atoms with van der Waals surface area (Å²) >= 11 is 0. The van der Waals surface area contributed by atoms with Crippen LogP contribution in [0.15, 0.2) is 24.3 Å². The molecule has 1 spiro atoms. The fraction of sp³-hybridized carbons (Fsp3) is 0.400. The molecule has 3 nitrogen and oxygen atoms in total. The van der Waals surface area contributed by atoms with Crippen molar-refractivity contribution >= 4 is 5.69 Å². The average molecular weight is 177 g/mol. The molecule has 3 rings (SSSR count). The quantitative estimate of drug-likeness (QED) is 0.648. The van der Waals surface area contributed by atoms with Gasteiger partial charge in [0.1, 0.15) is 0 Å². The minimum atomic E-state index is -0.489. The second-order valence-corrected chi connectivity index (χ2v) is 3.35. The van der Waals surface area contributed by atoms with Crippen LogP contribution in [0.3, 0.4) is 0 Å². The predicted molar refractivity (Wildman–Crippen MR) is 48.5 cm³/mol. The Morgan fingerprint density at radius 3 is 2.77 bits per heavy atom. The van der Waals surface area contributed by atoms with Crippen LogP contribution in [0.1, 0.15) is 5.56 Å². The van der Waals surface area contributed by atoms with Gasteiger partial charge in [-0.05, 0) is 6.07 Å². The summed E-state index contributed by atoms with van der Waals surface area (Å²) in [5, 5.41) is 3.28. The summed E-state index contributed by atoms with van der Waals surface area (Å²) < 4.78 is 11.3. The van der Waals surface area contributed by atoms with E-state index in [1.807, 2.05) is 12.1 Å². The summed E-state index contributed by atoms with van der Waals surface area (Å²) in [6, 6.07) is 8.13. The van der Waals surface area contributed by atoms with Crippen LogP contribution in [0.2, 0.25) is 0 Å². The summed E-state index contributed by atoms with van der Waals surface area (Å²) in [5.41, 5.74) is 2.26. The number of para-hydroxylation sites is 1. The molecule has 0 saturated carbocycles. The molecule has 0 amide bonds. The van der Waals surface area contributed by atoms with Crippen molar-refractivity contribution in [3.8, 4) is 0 Å². The van der Waals surface area contributed by atoms with Crippen LogP contribution >= 0.6 is 0 Å². The van der Waals surface area contributed by atoms with E-state index in [4.69, 9.17) is 9.47 Å². The van der Waals surface area contributed by atoms with Crippen LogP contribution < -0.4 is 5.32 Å². The van der Waals surface area contributed by atoms with Gasteiger partial charge in [-0.3, -0.25) is 0 Å². The third-order valence-electron chi connectivity index (χ3n) is 2.60. The van der Waals surface area contributed by atoms with Gasteiger partial charge in [0.2, 0.25) is 5.79 Å². The third-order valence-corrected chi connectivity index (χ3v) is 2.60. The van der Waals surface area contributed by atoms with Crippen LogP contribution in [0.5, 0.6) is 0 Å². The second kappa shape index (κ2) is 2.47. The number of hydrogen-bond acceptors (Lipinski definition) is 3. The van der Waals surface area contributed by atoms with Crippen LogP contribution in [-0.2, 0) is 15.3 Å². The van der Waals surface area contributed by atoms with Gasteiger partial charge >= 0.3 is 0 Å². The SMILES string of the molecule is c1ccc2c(c1)NCC21OCCO1. The van der Waals surface area contributed by atoms with E-state index in [9.17, 15) is 0 Å². The predicted octanol–water partition coefficient (Wildman–Crippen LogP) is 1.31. The normalized spacial score (nSPS) is 23.1. The van der Waals surface area contributed by atoms with Gasteiger partial charge in [0, 0.05) is 11.3 Å². The molecular weight excluding hydrogens is 166 g/mol. The third kappa shape index (κ3) is 0.913. The average Bonchev–Trinajstić information content (AvgIpc) is 2.78. The molecule has 2 heterocycles. The van der Waals surface area contributed by atoms with Gasteiger partial charge in [-0.25, -0.2) is 0 Å². The molecule has 0 atom stereocenters. The molecule has 3 heteroatoms. The summed E-state index contributed by atoms with van der Waals surface area (Å²) in [5.74, 6) is -0.489. The number of ether oxygens (including phenoxy) is 2. The largest absolute Gasteiger partial charge is 0.379 e. The Morgan fingerprint density at radius 1 is 1.15 bits per heavy atom. The summed E-state index contributed by atoms with van der Waals surface area (Å²) in [4.78, 5) is 0. The van der Waals surface area contributed by atoms with Crippen LogP contribution in [0, 0.1) is 0 Å². The smallest absolute Gasteiger partial charge is 0.214 e. The highest BCUT2D eigenvalue weighted by Crippen LogP contribution is 2.40. The van der Waals surface area contributed by atoms with Gasteiger partial charge in [0.05, 0.1) is 19.8 Å². The summed E-state index contributed by atoms with van der Waals surface area (Å²) in [6.45, 7) is 2.11. The van der Waals surface area contributed by atoms with E-state index in [0.717, 1.165) is 17.8 Å². The fourth-order valence-corrected chi connectivity index (χ4v) is 1.99. The lowest BCUT2D eigenvalue weighted by Gasteiger charge is -2.20. The molecule has 0 aliphatic carbocycles. The number of rotatable bonds is 0. The Bertz CT molecular complexity index is 331. The molecule has 0 unspecified atom stereocenters. The van der Waals surface area contributed by atoms with Crippen LogP contribution in [0.25, 0.3) is 0 Å². The molecule has 1 aromatic carbocycles. The Labute approximate surface area is 76.7 Å². The van der Waals surface area contributed by atoms with E-state index in [1.165, 1.54) is 0 Å². The van der Waals surface area contributed by atoms with Crippen molar-refractivity contribution in [2.45, 2.75) is 5.79 Å². The van der Waals surface area contributed by atoms with Crippen molar-refractivity contribution in [2.24, 2.45) is 0 Å². The first-order valence-electron chi connectivity index (χ1n) is 4.52. The highest BCUT2D eigenvalue weighted by molar-refractivity contribution is 5.58. The van der Waals surface area contributed by atoms with E-state index < -0.39 is 5.79 Å². The van der Waals surface area contributed by atoms with Gasteiger partial charge in [0.25, 0.3) is 0 Å². The zero-order chi connectivity index (χ0) is 8.73. The molecule has 68 valence electrons. The Hall–Kier alpha value is -1.06. The number of anilines is 1. The molecule has 0 radical (unpaired) electrons. The number of fused-ring (bicyclic) bond motifs is 2. The highest BCUT2D eigenvalue weighted by Gasteiger charge is 2.43. The van der Waals surface area contributed by atoms with Gasteiger partial charge in [0.15, 0.2) is 0 Å². The molecule has 1 aromatic rings. The Morgan fingerprint density at radius 2 is 1.92 bits per heavy atom. The van der Waals surface area contributed by atoms with Gasteiger partial charge in [-0.15, -0.1) is 0 Å². The van der Waals surface area contributed by atoms with Crippen molar-refractivity contribution in [1.29, 1.82) is 0 Å². The van der Waals surface area contributed by atoms with Crippen molar-refractivity contribution < 1.29 is 9.47 Å². The lowest BCUT2D eigenvalue weighted by atomic mass is 10.1. The van der Waals surface area contributed by atoms with E-state index >= 15 is 0 Å². The molecule has 1 N–H and O–H groups in total. The molecule has 0 bridgehead atoms. The zero-order valence-corrected chi connectivity index (χ0v) is 7.25. The first-order valence-corrected chi connectivity index (χ1v) is 4.52. The minimum Gasteiger partial charge on any atom is -0.379 e. The molecule has 2 aliphatic heterocycles. The van der Waals surface area contributed by atoms with Gasteiger partial charge in [-0.2, -0.15) is 0 Å². The Kier molecular flexibility index (Phi) is 1.39. The maximum atomic E-state index is 5.64. The van der Waals surface area contributed by atoms with E-state index in [0.29, 0.717) is 13.2 Å². The Balaban J connectivity index is 2.11. The molecular formula is C10H11NO2. The summed E-state index contributed by atoms with van der Waals surface area (Å²) in [7, 11) is 0. The van der Waals surface area contributed by atoms with Crippen molar-refractivity contribution in [3.05, 3.63) is 29.8 Å². The maximum Gasteiger partial charge on any atom is 0.214 e. The first-order chi connectivity index (χ1) is 6.41. The van der Waals surface area contributed by atoms with Crippen molar-refractivity contribution in [3.63, 3.8) is 0 Å². The van der Waals surface area contributed by atoms with E-state index in [1.54, 1.807) is 0 Å². The molecule has 2 aliphatic rings. The fourth-order valence-electron chi connectivity index (χ4n) is 1.99. The van der Waals surface area contributed by atoms with E-state index in [-0.39, 0.29) is 0 Å². The van der Waals surface area contributed by atoms with Crippen LogP contribution in [-0.4, -0.2) is 19.8 Å². The van der Waals surface area contributed by atoms with Crippen molar-refractivity contribution in [2.75, 3.05) is 25.1 Å². The summed E-state index contributed by atoms with van der Waals surface area (Å²) in [6.07, 6.45) is 0.